The monoisotopic (exact) mass is 462 g/mol. The van der Waals surface area contributed by atoms with E-state index in [0.29, 0.717) is 28.3 Å². The molecular weight excluding hydrogens is 442 g/mol. The summed E-state index contributed by atoms with van der Waals surface area (Å²) in [4.78, 5) is 0. The number of hydrogen-bond donors (Lipinski definition) is 0. The fraction of sp³-hybridized carbons (Fsp3) is 0.231. The first-order valence-electron chi connectivity index (χ1n) is 10.6. The van der Waals surface area contributed by atoms with E-state index in [0.717, 1.165) is 37.5 Å². The second kappa shape index (κ2) is 8.96. The molecule has 0 aliphatic heterocycles. The van der Waals surface area contributed by atoms with E-state index in [1.807, 2.05) is 0 Å². The molecule has 33 heavy (non-hydrogen) atoms. The van der Waals surface area contributed by atoms with Gasteiger partial charge < -0.3 is 4.74 Å². The molecule has 7 heteroatoms. The van der Waals surface area contributed by atoms with Crippen molar-refractivity contribution < 1.29 is 31.1 Å². The van der Waals surface area contributed by atoms with Crippen molar-refractivity contribution >= 4 is 21.5 Å². The summed E-state index contributed by atoms with van der Waals surface area (Å²) in [5.74, 6) is -3.21. The van der Waals surface area contributed by atoms with Crippen molar-refractivity contribution in [2.45, 2.75) is 39.0 Å². The molecule has 0 heterocycles. The molecule has 0 N–H and O–H groups in total. The van der Waals surface area contributed by atoms with E-state index in [9.17, 15) is 22.0 Å². The van der Waals surface area contributed by atoms with Crippen LogP contribution in [0, 0.1) is 17.5 Å². The molecule has 1 nitrogen and oxygen atoms in total. The smallest absolute Gasteiger partial charge is 0.403 e. The maximum atomic E-state index is 15.0. The van der Waals surface area contributed by atoms with E-state index in [-0.39, 0.29) is 16.3 Å². The number of fused-ring (bicyclic) bond motifs is 3. The third-order valence-electron chi connectivity index (χ3n) is 5.64. The van der Waals surface area contributed by atoms with Crippen LogP contribution in [-0.2, 0) is 6.42 Å². The SMILES string of the molecule is CCCCCc1ccc2c(cc(F)c3cc(-c4ccc(OC(F)(F)F)c(F)c4)ccc32)c1F. The Morgan fingerprint density at radius 3 is 2.06 bits per heavy atom. The van der Waals surface area contributed by atoms with Gasteiger partial charge in [0.15, 0.2) is 11.6 Å². The molecule has 0 atom stereocenters. The van der Waals surface area contributed by atoms with Gasteiger partial charge in [-0.15, -0.1) is 13.2 Å². The molecule has 172 valence electrons. The van der Waals surface area contributed by atoms with E-state index in [2.05, 4.69) is 11.7 Å². The van der Waals surface area contributed by atoms with Crippen molar-refractivity contribution in [3.05, 3.63) is 77.6 Å². The Morgan fingerprint density at radius 2 is 1.36 bits per heavy atom. The van der Waals surface area contributed by atoms with E-state index in [1.165, 1.54) is 12.1 Å². The number of halogens is 6. The Balaban J connectivity index is 1.75. The van der Waals surface area contributed by atoms with Crippen LogP contribution in [0.2, 0.25) is 0 Å². The number of aryl methyl sites for hydroxylation is 1. The van der Waals surface area contributed by atoms with Gasteiger partial charge in [0.1, 0.15) is 11.6 Å². The number of benzene rings is 4. The molecule has 0 aromatic heterocycles. The number of rotatable bonds is 6. The first-order chi connectivity index (χ1) is 15.7. The molecule has 0 bridgehead atoms. The van der Waals surface area contributed by atoms with Crippen LogP contribution in [0.5, 0.6) is 5.75 Å². The molecule has 0 spiro atoms. The Hall–Kier alpha value is -3.22. The lowest BCUT2D eigenvalue weighted by molar-refractivity contribution is -0.275. The molecule has 0 fully saturated rings. The highest BCUT2D eigenvalue weighted by atomic mass is 19.4. The van der Waals surface area contributed by atoms with Crippen LogP contribution >= 0.6 is 0 Å². The molecular formula is C26H20F6O. The van der Waals surface area contributed by atoms with Gasteiger partial charge in [-0.05, 0) is 64.6 Å². The second-order valence-corrected chi connectivity index (χ2v) is 7.90. The molecule has 0 saturated carbocycles. The number of alkyl halides is 3. The van der Waals surface area contributed by atoms with Gasteiger partial charge in [-0.3, -0.25) is 0 Å². The highest BCUT2D eigenvalue weighted by molar-refractivity contribution is 6.09. The fourth-order valence-corrected chi connectivity index (χ4v) is 4.02. The average Bonchev–Trinajstić information content (AvgIpc) is 2.76. The number of hydrogen-bond acceptors (Lipinski definition) is 1. The Kier molecular flexibility index (Phi) is 6.23. The van der Waals surface area contributed by atoms with Gasteiger partial charge in [-0.1, -0.05) is 50.1 Å². The molecule has 4 rings (SSSR count). The Morgan fingerprint density at radius 1 is 0.697 bits per heavy atom. The van der Waals surface area contributed by atoms with Crippen molar-refractivity contribution in [2.75, 3.05) is 0 Å². The molecule has 0 unspecified atom stereocenters. The molecule has 0 aliphatic carbocycles. The summed E-state index contributed by atoms with van der Waals surface area (Å²) in [5, 5.41) is 1.44. The third kappa shape index (κ3) is 4.77. The maximum absolute atomic E-state index is 15.0. The molecule has 0 radical (unpaired) electrons. The lowest BCUT2D eigenvalue weighted by Gasteiger charge is -2.13. The van der Waals surface area contributed by atoms with Crippen LogP contribution in [0.4, 0.5) is 26.3 Å². The van der Waals surface area contributed by atoms with Gasteiger partial charge in [0.05, 0.1) is 0 Å². The minimum absolute atomic E-state index is 0.196. The lowest BCUT2D eigenvalue weighted by atomic mass is 9.94. The Bertz CT molecular complexity index is 1330. The summed E-state index contributed by atoms with van der Waals surface area (Å²) in [7, 11) is 0. The maximum Gasteiger partial charge on any atom is 0.573 e. The van der Waals surface area contributed by atoms with E-state index >= 15 is 4.39 Å². The molecule has 0 aliphatic rings. The highest BCUT2D eigenvalue weighted by Gasteiger charge is 2.32. The summed E-state index contributed by atoms with van der Waals surface area (Å²) < 4.78 is 84.9. The van der Waals surface area contributed by atoms with Crippen molar-refractivity contribution in [1.29, 1.82) is 0 Å². The van der Waals surface area contributed by atoms with Gasteiger partial charge in [-0.25, -0.2) is 13.2 Å². The number of unbranched alkanes of at least 4 members (excludes halogenated alkanes) is 2. The summed E-state index contributed by atoms with van der Waals surface area (Å²) in [6.07, 6.45) is -1.59. The van der Waals surface area contributed by atoms with Crippen molar-refractivity contribution in [2.24, 2.45) is 0 Å². The van der Waals surface area contributed by atoms with Gasteiger partial charge in [0.2, 0.25) is 0 Å². The van der Waals surface area contributed by atoms with Crippen LogP contribution in [0.15, 0.2) is 54.6 Å². The van der Waals surface area contributed by atoms with Gasteiger partial charge in [0, 0.05) is 10.8 Å². The van der Waals surface area contributed by atoms with Crippen LogP contribution < -0.4 is 4.74 Å². The molecule has 0 saturated heterocycles. The lowest BCUT2D eigenvalue weighted by Crippen LogP contribution is -2.17. The summed E-state index contributed by atoms with van der Waals surface area (Å²) in [6.45, 7) is 2.06. The standard InChI is InChI=1S/C26H20F6O/c1-2-3-4-5-15-6-9-19-18-10-7-16(12-20(18)22(27)14-21(19)25(15)29)17-8-11-24(23(28)13-17)33-26(30,31)32/h6-14H,2-5H2,1H3. The fourth-order valence-electron chi connectivity index (χ4n) is 4.02. The van der Waals surface area contributed by atoms with E-state index in [4.69, 9.17) is 0 Å². The van der Waals surface area contributed by atoms with Gasteiger partial charge in [-0.2, -0.15) is 0 Å². The molecule has 4 aromatic carbocycles. The summed E-state index contributed by atoms with van der Waals surface area (Å²) in [5.41, 5.74) is 1.19. The van der Waals surface area contributed by atoms with Crippen molar-refractivity contribution in [1.82, 2.24) is 0 Å². The zero-order valence-corrected chi connectivity index (χ0v) is 17.7. The van der Waals surface area contributed by atoms with Crippen molar-refractivity contribution in [3.8, 4) is 16.9 Å². The highest BCUT2D eigenvalue weighted by Crippen LogP contribution is 2.35. The van der Waals surface area contributed by atoms with E-state index in [1.54, 1.807) is 24.3 Å². The predicted octanol–water partition coefficient (Wildman–Crippen LogP) is 8.71. The molecule has 0 amide bonds. The second-order valence-electron chi connectivity index (χ2n) is 7.90. The average molecular weight is 462 g/mol. The van der Waals surface area contributed by atoms with Crippen molar-refractivity contribution in [3.63, 3.8) is 0 Å². The first kappa shape index (κ1) is 23.0. The summed E-state index contributed by atoms with van der Waals surface area (Å²) in [6, 6.07) is 12.3. The number of ether oxygens (including phenoxy) is 1. The first-order valence-corrected chi connectivity index (χ1v) is 10.6. The Labute approximate surface area is 186 Å². The van der Waals surface area contributed by atoms with Crippen LogP contribution in [0.25, 0.3) is 32.7 Å². The quantitative estimate of drug-likeness (QED) is 0.158. The normalized spacial score (nSPS) is 12.0. The third-order valence-corrected chi connectivity index (χ3v) is 5.64. The molecule has 4 aromatic rings. The van der Waals surface area contributed by atoms with Gasteiger partial charge >= 0.3 is 6.36 Å². The topological polar surface area (TPSA) is 9.23 Å². The zero-order chi connectivity index (χ0) is 23.8. The van der Waals surface area contributed by atoms with Crippen LogP contribution in [0.3, 0.4) is 0 Å². The largest absolute Gasteiger partial charge is 0.573 e. The minimum Gasteiger partial charge on any atom is -0.403 e. The zero-order valence-electron chi connectivity index (χ0n) is 17.7. The summed E-state index contributed by atoms with van der Waals surface area (Å²) >= 11 is 0. The minimum atomic E-state index is -5.01. The van der Waals surface area contributed by atoms with Crippen LogP contribution in [0.1, 0.15) is 31.7 Å². The van der Waals surface area contributed by atoms with Crippen LogP contribution in [-0.4, -0.2) is 6.36 Å². The van der Waals surface area contributed by atoms with Gasteiger partial charge in [0.25, 0.3) is 0 Å². The predicted molar refractivity (Wildman–Crippen MR) is 117 cm³/mol. The van der Waals surface area contributed by atoms with E-state index < -0.39 is 29.6 Å².